The zero-order chi connectivity index (χ0) is 11.4. The summed E-state index contributed by atoms with van der Waals surface area (Å²) < 4.78 is 10.6. The van der Waals surface area contributed by atoms with E-state index in [2.05, 4.69) is 5.32 Å². The molecule has 0 heterocycles. The van der Waals surface area contributed by atoms with Crippen molar-refractivity contribution in [3.8, 4) is 0 Å². The molecule has 94 valence electrons. The third-order valence-corrected chi connectivity index (χ3v) is 3.43. The van der Waals surface area contributed by atoms with Gasteiger partial charge in [-0.3, -0.25) is 0 Å². The average molecular weight is 229 g/mol. The third kappa shape index (κ3) is 4.01. The summed E-state index contributed by atoms with van der Waals surface area (Å²) in [6.07, 6.45) is 4.77. The van der Waals surface area contributed by atoms with Crippen molar-refractivity contribution in [2.24, 2.45) is 5.92 Å². The molecule has 0 amide bonds. The van der Waals surface area contributed by atoms with Crippen LogP contribution in [0, 0.1) is 5.92 Å². The number of nitrogens with one attached hydrogen (secondary N) is 1. The molecule has 0 aromatic carbocycles. The molecule has 2 aliphatic carbocycles. The SMILES string of the molecule is COC1CC(NCC(O)COCC2CC2)C1. The van der Waals surface area contributed by atoms with Crippen LogP contribution in [0.15, 0.2) is 0 Å². The van der Waals surface area contributed by atoms with Crippen LogP contribution in [0.3, 0.4) is 0 Å². The molecule has 4 nitrogen and oxygen atoms in total. The summed E-state index contributed by atoms with van der Waals surface area (Å²) in [7, 11) is 1.75. The zero-order valence-electron chi connectivity index (χ0n) is 10.0. The molecule has 4 heteroatoms. The molecule has 0 spiro atoms. The quantitative estimate of drug-likeness (QED) is 0.638. The minimum Gasteiger partial charge on any atom is -0.389 e. The normalized spacial score (nSPS) is 31.1. The van der Waals surface area contributed by atoms with E-state index in [1.807, 2.05) is 0 Å². The maximum Gasteiger partial charge on any atom is 0.0897 e. The van der Waals surface area contributed by atoms with Gasteiger partial charge in [-0.1, -0.05) is 0 Å². The predicted octanol–water partition coefficient (Wildman–Crippen LogP) is 0.541. The van der Waals surface area contributed by atoms with Crippen LogP contribution in [0.4, 0.5) is 0 Å². The van der Waals surface area contributed by atoms with Gasteiger partial charge >= 0.3 is 0 Å². The summed E-state index contributed by atoms with van der Waals surface area (Å²) in [5.41, 5.74) is 0. The van der Waals surface area contributed by atoms with Crippen LogP contribution < -0.4 is 5.32 Å². The first-order chi connectivity index (χ1) is 7.78. The van der Waals surface area contributed by atoms with E-state index in [4.69, 9.17) is 9.47 Å². The van der Waals surface area contributed by atoms with Crippen LogP contribution in [-0.2, 0) is 9.47 Å². The van der Waals surface area contributed by atoms with Crippen LogP contribution in [0.5, 0.6) is 0 Å². The summed E-state index contributed by atoms with van der Waals surface area (Å²) in [6.45, 7) is 1.92. The fourth-order valence-electron chi connectivity index (χ4n) is 1.94. The molecule has 1 unspecified atom stereocenters. The Morgan fingerprint density at radius 2 is 2.12 bits per heavy atom. The molecule has 16 heavy (non-hydrogen) atoms. The largest absolute Gasteiger partial charge is 0.389 e. The first-order valence-electron chi connectivity index (χ1n) is 6.30. The van der Waals surface area contributed by atoms with Crippen LogP contribution in [0.2, 0.25) is 0 Å². The number of hydrogen-bond acceptors (Lipinski definition) is 4. The summed E-state index contributed by atoms with van der Waals surface area (Å²) >= 11 is 0. The second kappa shape index (κ2) is 5.96. The highest BCUT2D eigenvalue weighted by Gasteiger charge is 2.28. The molecule has 2 rings (SSSR count). The first-order valence-corrected chi connectivity index (χ1v) is 6.30. The van der Waals surface area contributed by atoms with Gasteiger partial charge < -0.3 is 19.9 Å². The van der Waals surface area contributed by atoms with Gasteiger partial charge in [0.05, 0.1) is 18.8 Å². The second-order valence-corrected chi connectivity index (χ2v) is 5.07. The number of aliphatic hydroxyl groups is 1. The van der Waals surface area contributed by atoms with Gasteiger partial charge in [0, 0.05) is 26.3 Å². The molecule has 0 aromatic rings. The van der Waals surface area contributed by atoms with E-state index >= 15 is 0 Å². The van der Waals surface area contributed by atoms with Crippen LogP contribution >= 0.6 is 0 Å². The van der Waals surface area contributed by atoms with E-state index in [-0.39, 0.29) is 6.10 Å². The smallest absolute Gasteiger partial charge is 0.0897 e. The third-order valence-electron chi connectivity index (χ3n) is 3.43. The Morgan fingerprint density at radius 1 is 1.38 bits per heavy atom. The van der Waals surface area contributed by atoms with Gasteiger partial charge in [-0.2, -0.15) is 0 Å². The lowest BCUT2D eigenvalue weighted by Crippen LogP contribution is -2.47. The average Bonchev–Trinajstić information content (AvgIpc) is 3.00. The molecule has 0 saturated heterocycles. The van der Waals surface area contributed by atoms with Gasteiger partial charge in [0.25, 0.3) is 0 Å². The Bertz CT molecular complexity index is 202. The maximum atomic E-state index is 9.66. The molecular weight excluding hydrogens is 206 g/mol. The van der Waals surface area contributed by atoms with Gasteiger partial charge in [0.2, 0.25) is 0 Å². The minimum absolute atomic E-state index is 0.375. The second-order valence-electron chi connectivity index (χ2n) is 5.07. The topological polar surface area (TPSA) is 50.7 Å². The molecule has 2 N–H and O–H groups in total. The van der Waals surface area contributed by atoms with Crippen molar-refractivity contribution in [2.75, 3.05) is 26.9 Å². The Balaban J connectivity index is 1.42. The van der Waals surface area contributed by atoms with Crippen molar-refractivity contribution < 1.29 is 14.6 Å². The molecule has 1 atom stereocenters. The van der Waals surface area contributed by atoms with Crippen LogP contribution in [0.25, 0.3) is 0 Å². The Labute approximate surface area is 97.3 Å². The molecule has 0 aliphatic heterocycles. The summed E-state index contributed by atoms with van der Waals surface area (Å²) in [5, 5.41) is 13.0. The molecule has 2 fully saturated rings. The van der Waals surface area contributed by atoms with E-state index in [0.717, 1.165) is 25.4 Å². The zero-order valence-corrected chi connectivity index (χ0v) is 10.0. The summed E-state index contributed by atoms with van der Waals surface area (Å²) in [4.78, 5) is 0. The number of aliphatic hydroxyl groups excluding tert-OH is 1. The van der Waals surface area contributed by atoms with Crippen molar-refractivity contribution in [3.63, 3.8) is 0 Å². The van der Waals surface area contributed by atoms with Crippen molar-refractivity contribution in [1.29, 1.82) is 0 Å². The highest BCUT2D eigenvalue weighted by Crippen LogP contribution is 2.28. The van der Waals surface area contributed by atoms with Gasteiger partial charge in [-0.25, -0.2) is 0 Å². The number of ether oxygens (including phenoxy) is 2. The van der Waals surface area contributed by atoms with Crippen molar-refractivity contribution >= 4 is 0 Å². The lowest BCUT2D eigenvalue weighted by molar-refractivity contribution is 0.00330. The van der Waals surface area contributed by atoms with E-state index in [1.54, 1.807) is 7.11 Å². The lowest BCUT2D eigenvalue weighted by atomic mass is 9.89. The summed E-state index contributed by atoms with van der Waals surface area (Å²) in [6, 6.07) is 0.517. The monoisotopic (exact) mass is 229 g/mol. The highest BCUT2D eigenvalue weighted by molar-refractivity contribution is 4.86. The van der Waals surface area contributed by atoms with Crippen LogP contribution in [-0.4, -0.2) is 50.2 Å². The van der Waals surface area contributed by atoms with Crippen LogP contribution in [0.1, 0.15) is 25.7 Å². The van der Waals surface area contributed by atoms with Gasteiger partial charge in [0.1, 0.15) is 0 Å². The van der Waals surface area contributed by atoms with Gasteiger partial charge in [-0.15, -0.1) is 0 Å². The molecule has 2 saturated carbocycles. The molecule has 0 aromatic heterocycles. The molecule has 2 aliphatic rings. The standard InChI is InChI=1S/C12H23NO3/c1-15-12-4-10(5-12)13-6-11(14)8-16-7-9-2-3-9/h9-14H,2-8H2,1H3. The fraction of sp³-hybridized carbons (Fsp3) is 1.00. The predicted molar refractivity (Wildman–Crippen MR) is 61.4 cm³/mol. The Hall–Kier alpha value is -0.160. The van der Waals surface area contributed by atoms with E-state index in [0.29, 0.717) is 25.3 Å². The maximum absolute atomic E-state index is 9.66. The number of hydrogen-bond donors (Lipinski definition) is 2. The van der Waals surface area contributed by atoms with Crippen molar-refractivity contribution in [1.82, 2.24) is 5.32 Å². The molecule has 0 radical (unpaired) electrons. The fourth-order valence-corrected chi connectivity index (χ4v) is 1.94. The lowest BCUT2D eigenvalue weighted by Gasteiger charge is -2.35. The Kier molecular flexibility index (Phi) is 4.58. The van der Waals surface area contributed by atoms with Gasteiger partial charge in [-0.05, 0) is 31.6 Å². The highest BCUT2D eigenvalue weighted by atomic mass is 16.5. The Morgan fingerprint density at radius 3 is 2.75 bits per heavy atom. The summed E-state index contributed by atoms with van der Waals surface area (Å²) in [5.74, 6) is 0.772. The molecule has 0 bridgehead atoms. The van der Waals surface area contributed by atoms with E-state index in [9.17, 15) is 5.11 Å². The van der Waals surface area contributed by atoms with E-state index < -0.39 is 0 Å². The number of rotatable bonds is 8. The van der Waals surface area contributed by atoms with E-state index in [1.165, 1.54) is 12.8 Å². The number of methoxy groups -OCH3 is 1. The van der Waals surface area contributed by atoms with Crippen molar-refractivity contribution in [3.05, 3.63) is 0 Å². The molecular formula is C12H23NO3. The van der Waals surface area contributed by atoms with Gasteiger partial charge in [0.15, 0.2) is 0 Å². The first kappa shape index (κ1) is 12.3. The minimum atomic E-state index is -0.375. The van der Waals surface area contributed by atoms with Crippen molar-refractivity contribution in [2.45, 2.75) is 43.9 Å².